The molecular weight excluding hydrogens is 542 g/mol. The Bertz CT molecular complexity index is 992. The molecule has 168 valence electrons. The summed E-state index contributed by atoms with van der Waals surface area (Å²) >= 11 is 1.76. The quantitative estimate of drug-likeness (QED) is 0.425. The van der Waals surface area contributed by atoms with E-state index in [9.17, 15) is 0 Å². The Labute approximate surface area is 208 Å². The summed E-state index contributed by atoms with van der Waals surface area (Å²) in [5, 5.41) is 4.63. The van der Waals surface area contributed by atoms with Gasteiger partial charge in [0, 0.05) is 13.1 Å². The molecule has 2 aliphatic heterocycles. The third-order valence-corrected chi connectivity index (χ3v) is 6.88. The van der Waals surface area contributed by atoms with Crippen LogP contribution in [0.1, 0.15) is 18.4 Å². The molecule has 2 aliphatic rings. The number of hydrogen-bond donors (Lipinski definition) is 1. The first-order valence-electron chi connectivity index (χ1n) is 10.5. The molecule has 8 heteroatoms. The van der Waals surface area contributed by atoms with Gasteiger partial charge in [-0.05, 0) is 62.5 Å². The van der Waals surface area contributed by atoms with Crippen molar-refractivity contribution in [2.75, 3.05) is 38.1 Å². The zero-order valence-corrected chi connectivity index (χ0v) is 21.8. The van der Waals surface area contributed by atoms with E-state index < -0.39 is 0 Å². The summed E-state index contributed by atoms with van der Waals surface area (Å²) in [7, 11) is 0. The number of ether oxygens (including phenoxy) is 2. The van der Waals surface area contributed by atoms with E-state index >= 15 is 0 Å². The summed E-state index contributed by atoms with van der Waals surface area (Å²) in [5.74, 6) is 2.43. The number of halogens is 2. The molecule has 1 fully saturated rings. The minimum Gasteiger partial charge on any atom is -0.486 e. The van der Waals surface area contributed by atoms with Crippen molar-refractivity contribution < 1.29 is 9.47 Å². The summed E-state index contributed by atoms with van der Waals surface area (Å²) < 4.78 is 13.2. The van der Waals surface area contributed by atoms with Crippen molar-refractivity contribution in [2.24, 2.45) is 5.92 Å². The van der Waals surface area contributed by atoms with Gasteiger partial charge in [-0.15, -0.1) is 34.0 Å². The number of piperidine rings is 1. The van der Waals surface area contributed by atoms with Crippen LogP contribution in [0.5, 0.6) is 11.5 Å². The lowest BCUT2D eigenvalue weighted by Gasteiger charge is -2.35. The molecule has 1 N–H and O–H groups in total. The fourth-order valence-corrected chi connectivity index (χ4v) is 5.16. The van der Waals surface area contributed by atoms with E-state index in [1.165, 1.54) is 23.1 Å². The highest BCUT2D eigenvalue weighted by molar-refractivity contribution is 8.93. The normalized spacial score (nSPS) is 18.8. The average molecular weight is 571 g/mol. The third-order valence-electron chi connectivity index (χ3n) is 5.90. The van der Waals surface area contributed by atoms with Crippen LogP contribution in [0.4, 0.5) is 5.13 Å². The maximum atomic E-state index is 6.12. The number of nitrogens with zero attached hydrogens (tertiary/aromatic N) is 2. The van der Waals surface area contributed by atoms with Gasteiger partial charge in [0.05, 0.1) is 10.2 Å². The third kappa shape index (κ3) is 5.72. The van der Waals surface area contributed by atoms with Gasteiger partial charge in [-0.1, -0.05) is 35.6 Å². The largest absolute Gasteiger partial charge is 0.486 e. The lowest BCUT2D eigenvalue weighted by Crippen LogP contribution is -2.44. The highest BCUT2D eigenvalue weighted by Gasteiger charge is 2.26. The van der Waals surface area contributed by atoms with Crippen LogP contribution < -0.4 is 14.8 Å². The van der Waals surface area contributed by atoms with Gasteiger partial charge < -0.3 is 14.8 Å². The minimum absolute atomic E-state index is 0. The molecule has 5 nitrogen and oxygen atoms in total. The van der Waals surface area contributed by atoms with Gasteiger partial charge in [0.25, 0.3) is 0 Å². The molecule has 1 saturated heterocycles. The van der Waals surface area contributed by atoms with Crippen molar-refractivity contribution in [1.29, 1.82) is 0 Å². The van der Waals surface area contributed by atoms with Crippen LogP contribution in [0, 0.1) is 12.8 Å². The number of benzene rings is 2. The minimum atomic E-state index is 0. The second-order valence-corrected chi connectivity index (χ2v) is 9.09. The van der Waals surface area contributed by atoms with E-state index in [-0.39, 0.29) is 40.1 Å². The fraction of sp³-hybridized carbons (Fsp3) is 0.435. The smallest absolute Gasteiger partial charge is 0.183 e. The highest BCUT2D eigenvalue weighted by Crippen LogP contribution is 2.32. The summed E-state index contributed by atoms with van der Waals surface area (Å²) in [6, 6.07) is 14.3. The van der Waals surface area contributed by atoms with E-state index in [1.54, 1.807) is 11.3 Å². The number of likely N-dealkylation sites (tertiary alicyclic amines) is 1. The Morgan fingerprint density at radius 1 is 1.06 bits per heavy atom. The highest BCUT2D eigenvalue weighted by atomic mass is 79.9. The van der Waals surface area contributed by atoms with Crippen molar-refractivity contribution in [3.63, 3.8) is 0 Å². The summed E-state index contributed by atoms with van der Waals surface area (Å²) in [6.45, 7) is 6.94. The summed E-state index contributed by atoms with van der Waals surface area (Å²) in [5.41, 5.74) is 2.38. The molecule has 0 spiro atoms. The van der Waals surface area contributed by atoms with Gasteiger partial charge in [-0.3, -0.25) is 4.90 Å². The molecule has 0 amide bonds. The zero-order valence-electron chi connectivity index (χ0n) is 17.6. The first-order chi connectivity index (χ1) is 14.2. The molecule has 1 unspecified atom stereocenters. The second-order valence-electron chi connectivity index (χ2n) is 8.06. The number of thiazole rings is 1. The van der Waals surface area contributed by atoms with Crippen molar-refractivity contribution >= 4 is 60.6 Å². The lowest BCUT2D eigenvalue weighted by atomic mass is 9.96. The van der Waals surface area contributed by atoms with Gasteiger partial charge in [0.1, 0.15) is 12.7 Å². The van der Waals surface area contributed by atoms with E-state index in [0.717, 1.165) is 48.3 Å². The van der Waals surface area contributed by atoms with Crippen LogP contribution in [0.2, 0.25) is 0 Å². The Morgan fingerprint density at radius 2 is 1.84 bits per heavy atom. The maximum absolute atomic E-state index is 6.12. The Kier molecular flexibility index (Phi) is 8.61. The van der Waals surface area contributed by atoms with Gasteiger partial charge in [0.15, 0.2) is 16.6 Å². The van der Waals surface area contributed by atoms with Crippen molar-refractivity contribution in [1.82, 2.24) is 9.88 Å². The van der Waals surface area contributed by atoms with Crippen LogP contribution in [-0.4, -0.2) is 48.8 Å². The van der Waals surface area contributed by atoms with Crippen molar-refractivity contribution in [3.8, 4) is 11.5 Å². The van der Waals surface area contributed by atoms with E-state index in [1.807, 2.05) is 24.3 Å². The summed E-state index contributed by atoms with van der Waals surface area (Å²) in [6.07, 6.45) is 2.54. The molecule has 1 atom stereocenters. The predicted molar refractivity (Wildman–Crippen MR) is 139 cm³/mol. The topological polar surface area (TPSA) is 46.6 Å². The molecule has 5 rings (SSSR count). The fourth-order valence-electron chi connectivity index (χ4n) is 4.21. The number of hydrogen-bond acceptors (Lipinski definition) is 6. The number of para-hydroxylation sites is 3. The molecule has 2 aromatic carbocycles. The van der Waals surface area contributed by atoms with Gasteiger partial charge in [-0.25, -0.2) is 4.98 Å². The molecule has 1 aromatic heterocycles. The molecular formula is C23H29Br2N3O2S. The van der Waals surface area contributed by atoms with E-state index in [2.05, 4.69) is 35.3 Å². The van der Waals surface area contributed by atoms with Crippen molar-refractivity contribution in [2.45, 2.75) is 25.9 Å². The predicted octanol–water partition coefficient (Wildman–Crippen LogP) is 5.72. The molecule has 3 aromatic rings. The lowest BCUT2D eigenvalue weighted by molar-refractivity contribution is 0.0485. The van der Waals surface area contributed by atoms with Crippen LogP contribution >= 0.6 is 45.3 Å². The number of aryl methyl sites for hydroxylation is 1. The monoisotopic (exact) mass is 569 g/mol. The first kappa shape index (κ1) is 24.3. The van der Waals surface area contributed by atoms with Gasteiger partial charge in [0.2, 0.25) is 0 Å². The van der Waals surface area contributed by atoms with E-state index in [4.69, 9.17) is 14.5 Å². The number of aromatic nitrogens is 1. The number of fused-ring (bicyclic) bond motifs is 2. The number of nitrogens with one attached hydrogen (secondary N) is 1. The summed E-state index contributed by atoms with van der Waals surface area (Å²) in [4.78, 5) is 7.29. The standard InChI is InChI=1S/C23H27N3O2S.2BrH/c1-16-5-4-8-21-22(16)25-23(29-21)24-13-17-9-11-26(12-10-17)14-18-15-27-19-6-2-3-7-20(19)28-18;;/h2-8,17-18H,9-15H2,1H3,(H,24,25);2*1H. The zero-order chi connectivity index (χ0) is 19.6. The molecule has 3 heterocycles. The van der Waals surface area contributed by atoms with Crippen LogP contribution in [0.25, 0.3) is 10.2 Å². The van der Waals surface area contributed by atoms with Crippen molar-refractivity contribution in [3.05, 3.63) is 48.0 Å². The number of anilines is 1. The SMILES string of the molecule is Br.Br.Cc1cccc2sc(NCC3CCN(CC4COc5ccccc5O4)CC3)nc12. The van der Waals surface area contributed by atoms with E-state index in [0.29, 0.717) is 12.5 Å². The molecule has 0 saturated carbocycles. The molecule has 31 heavy (non-hydrogen) atoms. The Hall–Kier alpha value is -1.35. The van der Waals surface area contributed by atoms with Crippen LogP contribution in [0.15, 0.2) is 42.5 Å². The average Bonchev–Trinajstić information content (AvgIpc) is 3.18. The molecule has 0 aliphatic carbocycles. The Balaban J connectivity index is 0.00000136. The number of rotatable bonds is 5. The van der Waals surface area contributed by atoms with Crippen LogP contribution in [-0.2, 0) is 0 Å². The van der Waals surface area contributed by atoms with Crippen LogP contribution in [0.3, 0.4) is 0 Å². The Morgan fingerprint density at radius 3 is 2.61 bits per heavy atom. The van der Waals surface area contributed by atoms with Gasteiger partial charge >= 0.3 is 0 Å². The second kappa shape index (κ2) is 11.0. The first-order valence-corrected chi connectivity index (χ1v) is 11.3. The van der Waals surface area contributed by atoms with Gasteiger partial charge in [-0.2, -0.15) is 0 Å². The maximum Gasteiger partial charge on any atom is 0.183 e. The molecule has 0 bridgehead atoms. The molecule has 0 radical (unpaired) electrons.